The third-order valence-electron chi connectivity index (χ3n) is 5.46. The molecule has 1 aliphatic heterocycles. The van der Waals surface area contributed by atoms with Gasteiger partial charge in [0.05, 0.1) is 24.2 Å². The van der Waals surface area contributed by atoms with E-state index in [0.717, 1.165) is 11.3 Å². The molecule has 15 heteroatoms. The maximum Gasteiger partial charge on any atom is 0.326 e. The predicted octanol–water partition coefficient (Wildman–Crippen LogP) is -0.392. The second kappa shape index (κ2) is 9.27. The Bertz CT molecular complexity index is 1430. The maximum absolute atomic E-state index is 12.6. The maximum atomic E-state index is 12.6. The summed E-state index contributed by atoms with van der Waals surface area (Å²) in [5.41, 5.74) is 14.7. The molecule has 3 heterocycles. The summed E-state index contributed by atoms with van der Waals surface area (Å²) in [5.74, 6) is -2.70. The van der Waals surface area contributed by atoms with Crippen LogP contribution in [0.2, 0.25) is 0 Å². The highest BCUT2D eigenvalue weighted by Crippen LogP contribution is 2.30. The standard InChI is InChI=1S/C20H22N8O6S/c21-16-15-17(27-20(22)26-16)23-8-12(24-15)9-28-5-3-10-7-11(1-2-14(10)28)18(29)25-13(19(30)31)4-6-35(32,33)34/h1-2,7-8,13H,3-6,9H2,(H,25,29)(H,30,31)(H,32,33,34)(H4,21,22,23,26,27)/t13-/m0/s1. The molecule has 1 aromatic carbocycles. The van der Waals surface area contributed by atoms with Crippen molar-refractivity contribution >= 4 is 50.6 Å². The molecule has 184 valence electrons. The van der Waals surface area contributed by atoms with Crippen LogP contribution in [-0.2, 0) is 27.9 Å². The largest absolute Gasteiger partial charge is 0.480 e. The molecule has 0 saturated heterocycles. The molecule has 0 saturated carbocycles. The number of aromatic nitrogens is 4. The van der Waals surface area contributed by atoms with E-state index in [9.17, 15) is 23.1 Å². The number of benzene rings is 1. The van der Waals surface area contributed by atoms with Crippen molar-refractivity contribution in [2.45, 2.75) is 25.4 Å². The number of aliphatic carboxylic acids is 1. The number of amides is 1. The SMILES string of the molecule is Nc1nc(N)c2nc(CN3CCc4cc(C(=O)N[C@@H](CCS(=O)(=O)O)C(=O)O)ccc43)cnc2n1. The quantitative estimate of drug-likeness (QED) is 0.247. The van der Waals surface area contributed by atoms with Crippen LogP contribution in [0.15, 0.2) is 24.4 Å². The fraction of sp³-hybridized carbons (Fsp3) is 0.300. The molecule has 0 unspecified atom stereocenters. The number of rotatable bonds is 8. The Labute approximate surface area is 199 Å². The van der Waals surface area contributed by atoms with Gasteiger partial charge in [0.1, 0.15) is 6.04 Å². The molecular formula is C20H22N8O6S. The number of fused-ring (bicyclic) bond motifs is 2. The first-order chi connectivity index (χ1) is 16.5. The summed E-state index contributed by atoms with van der Waals surface area (Å²) in [6.07, 6.45) is 1.75. The Morgan fingerprint density at radius 2 is 1.97 bits per heavy atom. The van der Waals surface area contributed by atoms with E-state index >= 15 is 0 Å². The summed E-state index contributed by atoms with van der Waals surface area (Å²) < 4.78 is 30.7. The number of anilines is 3. The van der Waals surface area contributed by atoms with Crippen molar-refractivity contribution < 1.29 is 27.7 Å². The summed E-state index contributed by atoms with van der Waals surface area (Å²) in [6, 6.07) is 3.49. The number of hydrogen-bond donors (Lipinski definition) is 5. The van der Waals surface area contributed by atoms with Gasteiger partial charge in [0.2, 0.25) is 5.95 Å². The van der Waals surface area contributed by atoms with Gasteiger partial charge in [-0.25, -0.2) is 14.8 Å². The normalized spacial score (nSPS) is 14.0. The van der Waals surface area contributed by atoms with Gasteiger partial charge in [-0.3, -0.25) is 9.35 Å². The van der Waals surface area contributed by atoms with Gasteiger partial charge in [0.25, 0.3) is 16.0 Å². The van der Waals surface area contributed by atoms with Gasteiger partial charge in [-0.05, 0) is 36.6 Å². The van der Waals surface area contributed by atoms with Crippen molar-refractivity contribution in [1.82, 2.24) is 25.3 Å². The predicted molar refractivity (Wildman–Crippen MR) is 125 cm³/mol. The van der Waals surface area contributed by atoms with Gasteiger partial charge >= 0.3 is 5.97 Å². The van der Waals surface area contributed by atoms with Crippen LogP contribution >= 0.6 is 0 Å². The van der Waals surface area contributed by atoms with Gasteiger partial charge in [-0.1, -0.05) is 0 Å². The van der Waals surface area contributed by atoms with Crippen molar-refractivity contribution in [1.29, 1.82) is 0 Å². The van der Waals surface area contributed by atoms with Gasteiger partial charge < -0.3 is 26.8 Å². The number of hydrogen-bond acceptors (Lipinski definition) is 11. The first-order valence-corrected chi connectivity index (χ1v) is 12.0. The summed E-state index contributed by atoms with van der Waals surface area (Å²) in [5, 5.41) is 11.6. The van der Waals surface area contributed by atoms with E-state index in [1.807, 2.05) is 4.90 Å². The van der Waals surface area contributed by atoms with E-state index in [2.05, 4.69) is 25.3 Å². The molecule has 0 radical (unpaired) electrons. The molecule has 0 aliphatic carbocycles. The van der Waals surface area contributed by atoms with Crippen LogP contribution in [0.5, 0.6) is 0 Å². The first kappa shape index (κ1) is 24.0. The van der Waals surface area contributed by atoms with Crippen molar-refractivity contribution in [2.75, 3.05) is 28.7 Å². The second-order valence-electron chi connectivity index (χ2n) is 7.95. The lowest BCUT2D eigenvalue weighted by atomic mass is 10.1. The number of carboxylic acid groups (broad SMARTS) is 1. The summed E-state index contributed by atoms with van der Waals surface area (Å²) >= 11 is 0. The van der Waals surface area contributed by atoms with Crippen LogP contribution in [-0.4, -0.2) is 68.2 Å². The van der Waals surface area contributed by atoms with Crippen molar-refractivity contribution in [3.05, 3.63) is 41.2 Å². The monoisotopic (exact) mass is 502 g/mol. The minimum absolute atomic E-state index is 0.0125. The third-order valence-corrected chi connectivity index (χ3v) is 6.21. The smallest absolute Gasteiger partial charge is 0.326 e. The summed E-state index contributed by atoms with van der Waals surface area (Å²) in [4.78, 5) is 42.7. The molecule has 4 rings (SSSR count). The van der Waals surface area contributed by atoms with Crippen LogP contribution in [0, 0.1) is 0 Å². The van der Waals surface area contributed by atoms with E-state index in [4.69, 9.17) is 16.0 Å². The van der Waals surface area contributed by atoms with E-state index in [0.29, 0.717) is 36.4 Å². The van der Waals surface area contributed by atoms with Crippen LogP contribution in [0.4, 0.5) is 17.5 Å². The molecule has 1 aliphatic rings. The first-order valence-electron chi connectivity index (χ1n) is 10.4. The zero-order valence-electron chi connectivity index (χ0n) is 18.2. The Morgan fingerprint density at radius 1 is 1.20 bits per heavy atom. The summed E-state index contributed by atoms with van der Waals surface area (Å²) in [7, 11) is -4.36. The zero-order chi connectivity index (χ0) is 25.3. The topological polar surface area (TPSA) is 228 Å². The van der Waals surface area contributed by atoms with Gasteiger partial charge in [-0.15, -0.1) is 0 Å². The van der Waals surface area contributed by atoms with Crippen LogP contribution in [0.25, 0.3) is 11.2 Å². The molecule has 2 aromatic heterocycles. The molecule has 1 amide bonds. The molecule has 0 spiro atoms. The fourth-order valence-electron chi connectivity index (χ4n) is 3.80. The molecule has 7 N–H and O–H groups in total. The lowest BCUT2D eigenvalue weighted by molar-refractivity contribution is -0.139. The number of carbonyl (C=O) groups excluding carboxylic acids is 1. The molecule has 14 nitrogen and oxygen atoms in total. The minimum atomic E-state index is -4.36. The minimum Gasteiger partial charge on any atom is -0.480 e. The molecule has 0 fully saturated rings. The van der Waals surface area contributed by atoms with Crippen molar-refractivity contribution in [2.24, 2.45) is 0 Å². The number of nitrogens with zero attached hydrogens (tertiary/aromatic N) is 5. The lowest BCUT2D eigenvalue weighted by Crippen LogP contribution is -2.41. The van der Waals surface area contributed by atoms with E-state index in [1.54, 1.807) is 24.4 Å². The van der Waals surface area contributed by atoms with Crippen molar-refractivity contribution in [3.8, 4) is 0 Å². The van der Waals surface area contributed by atoms with Crippen LogP contribution < -0.4 is 21.7 Å². The number of nitrogen functional groups attached to an aromatic ring is 2. The second-order valence-corrected chi connectivity index (χ2v) is 9.53. The zero-order valence-corrected chi connectivity index (χ0v) is 19.1. The van der Waals surface area contributed by atoms with E-state index in [1.165, 1.54) is 0 Å². The average Bonchev–Trinajstić information content (AvgIpc) is 3.18. The Balaban J connectivity index is 1.48. The Kier molecular flexibility index (Phi) is 6.36. The Hall–Kier alpha value is -4.11. The molecule has 35 heavy (non-hydrogen) atoms. The number of carboxylic acids is 1. The third kappa shape index (κ3) is 5.52. The highest BCUT2D eigenvalue weighted by atomic mass is 32.2. The lowest BCUT2D eigenvalue weighted by Gasteiger charge is -2.19. The fourth-order valence-corrected chi connectivity index (χ4v) is 4.33. The summed E-state index contributed by atoms with van der Waals surface area (Å²) in [6.45, 7) is 1.07. The van der Waals surface area contributed by atoms with Gasteiger partial charge in [0, 0.05) is 17.8 Å². The van der Waals surface area contributed by atoms with Gasteiger partial charge in [-0.2, -0.15) is 18.4 Å². The number of carbonyl (C=O) groups is 2. The molecule has 0 bridgehead atoms. The molecule has 3 aromatic rings. The number of nitrogens with one attached hydrogen (secondary N) is 1. The van der Waals surface area contributed by atoms with Gasteiger partial charge in [0.15, 0.2) is 17.0 Å². The van der Waals surface area contributed by atoms with Crippen LogP contribution in [0.3, 0.4) is 0 Å². The van der Waals surface area contributed by atoms with E-state index < -0.39 is 40.2 Å². The average molecular weight is 503 g/mol. The highest BCUT2D eigenvalue weighted by molar-refractivity contribution is 7.85. The van der Waals surface area contributed by atoms with E-state index in [-0.39, 0.29) is 17.3 Å². The molecule has 1 atom stereocenters. The van der Waals surface area contributed by atoms with Crippen LogP contribution in [0.1, 0.15) is 28.0 Å². The molecular weight excluding hydrogens is 480 g/mol. The number of nitrogens with two attached hydrogens (primary N) is 2. The van der Waals surface area contributed by atoms with Crippen molar-refractivity contribution in [3.63, 3.8) is 0 Å². The highest BCUT2D eigenvalue weighted by Gasteiger charge is 2.25. The Morgan fingerprint density at radius 3 is 2.69 bits per heavy atom.